The molecular formula is C32H31N5O3. The minimum Gasteiger partial charge on any atom is -0.493 e. The van der Waals surface area contributed by atoms with E-state index in [2.05, 4.69) is 45.6 Å². The van der Waals surface area contributed by atoms with Crippen LogP contribution in [0.5, 0.6) is 17.2 Å². The van der Waals surface area contributed by atoms with Crippen LogP contribution in [0.3, 0.4) is 0 Å². The first-order valence-electron chi connectivity index (χ1n) is 12.6. The van der Waals surface area contributed by atoms with Crippen LogP contribution >= 0.6 is 0 Å². The highest BCUT2D eigenvalue weighted by Crippen LogP contribution is 2.36. The van der Waals surface area contributed by atoms with Crippen LogP contribution in [-0.2, 0) is 13.1 Å². The second-order valence-electron chi connectivity index (χ2n) is 8.78. The SMILES string of the molecule is COc1cccc(OC)c1OC.N#Cc1cnc2cc(-c3cccc(CNCc4ccncc4)c3)ccc2c1N. The van der Waals surface area contributed by atoms with Crippen LogP contribution in [0.15, 0.2) is 91.4 Å². The first kappa shape index (κ1) is 27.9. The van der Waals surface area contributed by atoms with E-state index in [1.165, 1.54) is 17.3 Å². The molecule has 8 heteroatoms. The molecule has 0 saturated heterocycles. The number of nitrogens with zero attached hydrogens (tertiary/aromatic N) is 3. The topological polar surface area (TPSA) is 115 Å². The standard InChI is InChI=1S/C23H19N5.C9H12O3/c24-12-20-15-28-22-11-19(4-5-21(22)23(20)25)18-3-1-2-17(10-18)14-27-13-16-6-8-26-9-7-16;1-10-7-5-4-6-8(11-2)9(7)12-3/h1-11,15,27H,13-14H2,(H2,25,28);4-6H,1-3H3. The summed E-state index contributed by atoms with van der Waals surface area (Å²) < 4.78 is 15.3. The van der Waals surface area contributed by atoms with Gasteiger partial charge in [0.15, 0.2) is 11.5 Å². The lowest BCUT2D eigenvalue weighted by atomic mass is 10.0. The number of para-hydroxylation sites is 1. The Hall–Kier alpha value is -5.13. The average Bonchev–Trinajstić information content (AvgIpc) is 3.01. The molecule has 0 atom stereocenters. The van der Waals surface area contributed by atoms with Crippen molar-refractivity contribution in [3.8, 4) is 34.4 Å². The predicted octanol–water partition coefficient (Wildman–Crippen LogP) is 5.75. The summed E-state index contributed by atoms with van der Waals surface area (Å²) in [6, 6.07) is 26.0. The fourth-order valence-corrected chi connectivity index (χ4v) is 4.21. The summed E-state index contributed by atoms with van der Waals surface area (Å²) in [6.45, 7) is 1.58. The molecule has 5 aromatic rings. The Balaban J connectivity index is 0.000000259. The summed E-state index contributed by atoms with van der Waals surface area (Å²) in [4.78, 5) is 8.42. The van der Waals surface area contributed by atoms with Gasteiger partial charge in [-0.1, -0.05) is 36.4 Å². The summed E-state index contributed by atoms with van der Waals surface area (Å²) in [5.74, 6) is 1.98. The van der Waals surface area contributed by atoms with Gasteiger partial charge in [0, 0.05) is 37.1 Å². The van der Waals surface area contributed by atoms with Gasteiger partial charge in [-0.25, -0.2) is 0 Å². The Labute approximate surface area is 234 Å². The van der Waals surface area contributed by atoms with E-state index < -0.39 is 0 Å². The van der Waals surface area contributed by atoms with Gasteiger partial charge in [-0.15, -0.1) is 0 Å². The van der Waals surface area contributed by atoms with Gasteiger partial charge < -0.3 is 25.3 Å². The summed E-state index contributed by atoms with van der Waals surface area (Å²) in [5.41, 5.74) is 12.3. The molecule has 3 aromatic carbocycles. The number of ether oxygens (including phenoxy) is 3. The quantitative estimate of drug-likeness (QED) is 0.259. The van der Waals surface area contributed by atoms with Crippen molar-refractivity contribution in [3.63, 3.8) is 0 Å². The monoisotopic (exact) mass is 533 g/mol. The number of benzene rings is 3. The van der Waals surface area contributed by atoms with Crippen LogP contribution in [-0.4, -0.2) is 31.3 Å². The number of rotatable bonds is 8. The Morgan fingerprint density at radius 3 is 2.15 bits per heavy atom. The summed E-state index contributed by atoms with van der Waals surface area (Å²) in [6.07, 6.45) is 5.14. The number of hydrogen-bond acceptors (Lipinski definition) is 8. The third kappa shape index (κ3) is 6.65. The molecule has 2 heterocycles. The van der Waals surface area contributed by atoms with Crippen LogP contribution in [0, 0.1) is 11.3 Å². The molecule has 5 rings (SSSR count). The van der Waals surface area contributed by atoms with Gasteiger partial charge in [0.05, 0.1) is 38.1 Å². The number of hydrogen-bond donors (Lipinski definition) is 2. The Morgan fingerprint density at radius 1 is 0.800 bits per heavy atom. The zero-order valence-corrected chi connectivity index (χ0v) is 22.7. The molecule has 0 aliphatic rings. The van der Waals surface area contributed by atoms with Crippen molar-refractivity contribution in [3.05, 3.63) is 108 Å². The molecule has 8 nitrogen and oxygen atoms in total. The van der Waals surface area contributed by atoms with Crippen LogP contribution in [0.25, 0.3) is 22.0 Å². The van der Waals surface area contributed by atoms with E-state index in [4.69, 9.17) is 25.2 Å². The van der Waals surface area contributed by atoms with E-state index in [1.807, 2.05) is 48.5 Å². The van der Waals surface area contributed by atoms with Crippen molar-refractivity contribution in [2.24, 2.45) is 0 Å². The molecule has 2 aromatic heterocycles. The number of nitrogens with one attached hydrogen (secondary N) is 1. The van der Waals surface area contributed by atoms with Crippen molar-refractivity contribution < 1.29 is 14.2 Å². The highest BCUT2D eigenvalue weighted by atomic mass is 16.5. The Bertz CT molecular complexity index is 1590. The van der Waals surface area contributed by atoms with Gasteiger partial charge in [-0.3, -0.25) is 9.97 Å². The number of fused-ring (bicyclic) bond motifs is 1. The number of nitrogen functional groups attached to an aromatic ring is 1. The first-order chi connectivity index (χ1) is 19.6. The van der Waals surface area contributed by atoms with Crippen molar-refractivity contribution in [2.45, 2.75) is 13.1 Å². The van der Waals surface area contributed by atoms with Crippen LogP contribution in [0.4, 0.5) is 5.69 Å². The number of anilines is 1. The average molecular weight is 534 g/mol. The third-order valence-electron chi connectivity index (χ3n) is 6.29. The second-order valence-corrected chi connectivity index (χ2v) is 8.78. The maximum absolute atomic E-state index is 9.11. The maximum Gasteiger partial charge on any atom is 0.203 e. The van der Waals surface area contributed by atoms with Crippen molar-refractivity contribution in [1.82, 2.24) is 15.3 Å². The van der Waals surface area contributed by atoms with Crippen molar-refractivity contribution in [1.29, 1.82) is 5.26 Å². The zero-order chi connectivity index (χ0) is 28.3. The van der Waals surface area contributed by atoms with Gasteiger partial charge in [-0.05, 0) is 58.7 Å². The smallest absolute Gasteiger partial charge is 0.203 e. The molecule has 0 saturated carbocycles. The number of nitriles is 1. The lowest BCUT2D eigenvalue weighted by Crippen LogP contribution is -2.12. The van der Waals surface area contributed by atoms with E-state index in [1.54, 1.807) is 33.7 Å². The van der Waals surface area contributed by atoms with E-state index in [9.17, 15) is 0 Å². The van der Waals surface area contributed by atoms with Crippen LogP contribution in [0.2, 0.25) is 0 Å². The lowest BCUT2D eigenvalue weighted by Gasteiger charge is -2.10. The minimum atomic E-state index is 0.405. The van der Waals surface area contributed by atoms with Gasteiger partial charge in [0.1, 0.15) is 6.07 Å². The third-order valence-corrected chi connectivity index (χ3v) is 6.29. The van der Waals surface area contributed by atoms with E-state index in [0.29, 0.717) is 28.5 Å². The van der Waals surface area contributed by atoms with Crippen molar-refractivity contribution in [2.75, 3.05) is 27.1 Å². The Morgan fingerprint density at radius 2 is 1.48 bits per heavy atom. The van der Waals surface area contributed by atoms with E-state index >= 15 is 0 Å². The molecule has 40 heavy (non-hydrogen) atoms. The maximum atomic E-state index is 9.11. The summed E-state index contributed by atoms with van der Waals surface area (Å²) in [5, 5.41) is 13.4. The normalized spacial score (nSPS) is 10.2. The molecule has 0 aliphatic carbocycles. The fraction of sp³-hybridized carbons (Fsp3) is 0.156. The first-order valence-corrected chi connectivity index (χ1v) is 12.6. The highest BCUT2D eigenvalue weighted by Gasteiger charge is 2.09. The van der Waals surface area contributed by atoms with Crippen LogP contribution in [0.1, 0.15) is 16.7 Å². The second kappa shape index (κ2) is 13.6. The summed E-state index contributed by atoms with van der Waals surface area (Å²) >= 11 is 0. The van der Waals surface area contributed by atoms with Gasteiger partial charge in [-0.2, -0.15) is 5.26 Å². The van der Waals surface area contributed by atoms with Gasteiger partial charge in [0.2, 0.25) is 5.75 Å². The molecular weight excluding hydrogens is 502 g/mol. The number of pyridine rings is 2. The van der Waals surface area contributed by atoms with E-state index in [-0.39, 0.29) is 0 Å². The molecule has 0 bridgehead atoms. The number of nitrogens with two attached hydrogens (primary N) is 1. The fourth-order valence-electron chi connectivity index (χ4n) is 4.21. The zero-order valence-electron chi connectivity index (χ0n) is 22.7. The minimum absolute atomic E-state index is 0.405. The lowest BCUT2D eigenvalue weighted by molar-refractivity contribution is 0.324. The molecule has 0 fully saturated rings. The number of aromatic nitrogens is 2. The molecule has 0 spiro atoms. The van der Waals surface area contributed by atoms with Crippen LogP contribution < -0.4 is 25.3 Å². The highest BCUT2D eigenvalue weighted by molar-refractivity contribution is 5.95. The largest absolute Gasteiger partial charge is 0.493 e. The molecule has 0 aliphatic heterocycles. The number of methoxy groups -OCH3 is 3. The summed E-state index contributed by atoms with van der Waals surface area (Å²) in [7, 11) is 4.77. The molecule has 0 radical (unpaired) electrons. The van der Waals surface area contributed by atoms with Crippen molar-refractivity contribution >= 4 is 16.6 Å². The molecule has 0 amide bonds. The molecule has 3 N–H and O–H groups in total. The van der Waals surface area contributed by atoms with Gasteiger partial charge in [0.25, 0.3) is 0 Å². The van der Waals surface area contributed by atoms with Gasteiger partial charge >= 0.3 is 0 Å². The Kier molecular flexibility index (Phi) is 9.48. The van der Waals surface area contributed by atoms with E-state index in [0.717, 1.165) is 35.1 Å². The predicted molar refractivity (Wildman–Crippen MR) is 157 cm³/mol. The molecule has 202 valence electrons. The molecule has 0 unspecified atom stereocenters.